The number of benzene rings is 1. The van der Waals surface area contributed by atoms with E-state index in [2.05, 4.69) is 22.8 Å². The summed E-state index contributed by atoms with van der Waals surface area (Å²) in [7, 11) is 0. The molecule has 2 amide bonds. The minimum absolute atomic E-state index is 0.0336. The van der Waals surface area contributed by atoms with Crippen molar-refractivity contribution in [2.24, 2.45) is 5.92 Å². The molecule has 9 heteroatoms. The van der Waals surface area contributed by atoms with E-state index in [1.807, 2.05) is 18.2 Å². The first-order valence-electron chi connectivity index (χ1n) is 9.36. The highest BCUT2D eigenvalue weighted by molar-refractivity contribution is 8.00. The van der Waals surface area contributed by atoms with Crippen molar-refractivity contribution in [2.45, 2.75) is 43.4 Å². The molecular weight excluding hydrogens is 391 g/mol. The topological polar surface area (TPSA) is 61.4 Å². The van der Waals surface area contributed by atoms with Gasteiger partial charge in [-0.2, -0.15) is 13.2 Å². The molecule has 0 radical (unpaired) electrons. The third kappa shape index (κ3) is 5.88. The Bertz CT molecular complexity index is 679. The Morgan fingerprint density at radius 1 is 1.18 bits per heavy atom. The molecule has 2 heterocycles. The zero-order valence-electron chi connectivity index (χ0n) is 15.4. The highest BCUT2D eigenvalue weighted by Gasteiger charge is 2.44. The fourth-order valence-corrected chi connectivity index (χ4v) is 4.52. The van der Waals surface area contributed by atoms with E-state index in [-0.39, 0.29) is 11.7 Å². The Morgan fingerprint density at radius 2 is 1.86 bits per heavy atom. The summed E-state index contributed by atoms with van der Waals surface area (Å²) in [6, 6.07) is 8.37. The number of carbonyl (C=O) groups excluding carboxylic acids is 2. The van der Waals surface area contributed by atoms with Gasteiger partial charge in [-0.25, -0.2) is 0 Å². The number of piperidine rings is 1. The normalized spacial score (nSPS) is 24.1. The lowest BCUT2D eigenvalue weighted by molar-refractivity contribution is -0.167. The van der Waals surface area contributed by atoms with E-state index in [0.29, 0.717) is 19.0 Å². The van der Waals surface area contributed by atoms with Crippen LogP contribution in [0.2, 0.25) is 0 Å². The highest BCUT2D eigenvalue weighted by atomic mass is 32.2. The smallest absolute Gasteiger partial charge is 0.342 e. The van der Waals surface area contributed by atoms with Crippen molar-refractivity contribution in [1.82, 2.24) is 15.5 Å². The average molecular weight is 415 g/mol. The van der Waals surface area contributed by atoms with Gasteiger partial charge in [0.1, 0.15) is 11.5 Å². The standard InChI is InChI=1S/C19H24F3N3O2S/c20-19(21,22)15-11-16(26)24-18(23-15)28-12-17(27)25-8-6-14(7-9-25)10-13-4-2-1-3-5-13/h1-5,14-15,18,23H,6-12H2,(H,24,26). The molecule has 28 heavy (non-hydrogen) atoms. The SMILES string of the molecule is O=C1CC(C(F)(F)F)NC(SCC(=O)N2CCC(Cc3ccccc3)CC2)N1. The Morgan fingerprint density at radius 3 is 2.50 bits per heavy atom. The summed E-state index contributed by atoms with van der Waals surface area (Å²) in [5, 5.41) is 4.80. The summed E-state index contributed by atoms with van der Waals surface area (Å²) >= 11 is 0.992. The van der Waals surface area contributed by atoms with Gasteiger partial charge in [0, 0.05) is 13.1 Å². The summed E-state index contributed by atoms with van der Waals surface area (Å²) in [4.78, 5) is 25.7. The first-order valence-corrected chi connectivity index (χ1v) is 10.4. The second-order valence-electron chi connectivity index (χ2n) is 7.24. The fraction of sp³-hybridized carbons (Fsp3) is 0.579. The first-order chi connectivity index (χ1) is 13.3. The molecule has 0 saturated carbocycles. The number of likely N-dealkylation sites (tertiary alicyclic amines) is 1. The molecule has 0 spiro atoms. The van der Waals surface area contributed by atoms with Crippen molar-refractivity contribution in [1.29, 1.82) is 0 Å². The van der Waals surface area contributed by atoms with Crippen LogP contribution >= 0.6 is 11.8 Å². The van der Waals surface area contributed by atoms with E-state index in [1.165, 1.54) is 5.56 Å². The van der Waals surface area contributed by atoms with Crippen LogP contribution in [0.3, 0.4) is 0 Å². The van der Waals surface area contributed by atoms with E-state index in [1.54, 1.807) is 4.90 Å². The van der Waals surface area contributed by atoms with Gasteiger partial charge in [-0.3, -0.25) is 14.9 Å². The second kappa shape index (κ2) is 9.17. The fourth-order valence-electron chi connectivity index (χ4n) is 3.55. The van der Waals surface area contributed by atoms with Crippen molar-refractivity contribution < 1.29 is 22.8 Å². The summed E-state index contributed by atoms with van der Waals surface area (Å²) in [5.41, 5.74) is 0.383. The van der Waals surface area contributed by atoms with Gasteiger partial charge in [0.2, 0.25) is 11.8 Å². The minimum Gasteiger partial charge on any atom is -0.342 e. The summed E-state index contributed by atoms with van der Waals surface area (Å²) in [6.45, 7) is 1.32. The van der Waals surface area contributed by atoms with Gasteiger partial charge in [0.15, 0.2) is 0 Å². The Kier molecular flexibility index (Phi) is 6.87. The third-order valence-electron chi connectivity index (χ3n) is 5.14. The molecule has 0 bridgehead atoms. The predicted octanol–water partition coefficient (Wildman–Crippen LogP) is 2.52. The van der Waals surface area contributed by atoms with E-state index in [0.717, 1.165) is 31.0 Å². The van der Waals surface area contributed by atoms with Crippen LogP contribution in [-0.2, 0) is 16.0 Å². The minimum atomic E-state index is -4.48. The van der Waals surface area contributed by atoms with Crippen molar-refractivity contribution in [3.63, 3.8) is 0 Å². The molecule has 3 rings (SSSR count). The number of thioether (sulfide) groups is 1. The lowest BCUT2D eigenvalue weighted by Crippen LogP contribution is -2.59. The van der Waals surface area contributed by atoms with Crippen LogP contribution in [0.25, 0.3) is 0 Å². The van der Waals surface area contributed by atoms with Crippen LogP contribution in [0.4, 0.5) is 13.2 Å². The Hall–Kier alpha value is -1.74. The van der Waals surface area contributed by atoms with Crippen molar-refractivity contribution in [3.05, 3.63) is 35.9 Å². The van der Waals surface area contributed by atoms with Crippen molar-refractivity contribution >= 4 is 23.6 Å². The molecule has 0 aromatic heterocycles. The van der Waals surface area contributed by atoms with E-state index < -0.39 is 30.0 Å². The zero-order chi connectivity index (χ0) is 20.1. The number of nitrogens with one attached hydrogen (secondary N) is 2. The average Bonchev–Trinajstić information content (AvgIpc) is 2.66. The second-order valence-corrected chi connectivity index (χ2v) is 8.33. The molecule has 5 nitrogen and oxygen atoms in total. The largest absolute Gasteiger partial charge is 0.404 e. The predicted molar refractivity (Wildman–Crippen MR) is 101 cm³/mol. The van der Waals surface area contributed by atoms with Gasteiger partial charge < -0.3 is 10.2 Å². The van der Waals surface area contributed by atoms with Crippen LogP contribution in [0.15, 0.2) is 30.3 Å². The van der Waals surface area contributed by atoms with Gasteiger partial charge in [-0.1, -0.05) is 30.3 Å². The summed E-state index contributed by atoms with van der Waals surface area (Å²) in [5.74, 6) is -0.196. The number of carbonyl (C=O) groups is 2. The molecule has 2 unspecified atom stereocenters. The van der Waals surface area contributed by atoms with Gasteiger partial charge in [0.25, 0.3) is 0 Å². The summed E-state index contributed by atoms with van der Waals surface area (Å²) in [6.07, 6.45) is -2.29. The van der Waals surface area contributed by atoms with Crippen LogP contribution in [0.5, 0.6) is 0 Å². The van der Waals surface area contributed by atoms with Crippen molar-refractivity contribution in [3.8, 4) is 0 Å². The lowest BCUT2D eigenvalue weighted by atomic mass is 9.90. The summed E-state index contributed by atoms with van der Waals surface area (Å²) < 4.78 is 38.5. The van der Waals surface area contributed by atoms with Gasteiger partial charge in [-0.05, 0) is 30.7 Å². The number of hydrogen-bond donors (Lipinski definition) is 2. The Balaban J connectivity index is 1.41. The van der Waals surface area contributed by atoms with Crippen LogP contribution < -0.4 is 10.6 Å². The number of halogens is 3. The van der Waals surface area contributed by atoms with Crippen molar-refractivity contribution in [2.75, 3.05) is 18.8 Å². The molecule has 0 aliphatic carbocycles. The maximum Gasteiger partial charge on any atom is 0.404 e. The molecule has 1 aromatic carbocycles. The monoisotopic (exact) mass is 415 g/mol. The first kappa shape index (κ1) is 21.0. The van der Waals surface area contributed by atoms with Crippen LogP contribution in [-0.4, -0.2) is 53.3 Å². The third-order valence-corrected chi connectivity index (χ3v) is 6.14. The van der Waals surface area contributed by atoms with Crippen LogP contribution in [0.1, 0.15) is 24.8 Å². The molecule has 2 N–H and O–H groups in total. The molecule has 2 aliphatic heterocycles. The van der Waals surface area contributed by atoms with Gasteiger partial charge in [-0.15, -0.1) is 11.8 Å². The Labute approximate surface area is 166 Å². The highest BCUT2D eigenvalue weighted by Crippen LogP contribution is 2.27. The zero-order valence-corrected chi connectivity index (χ0v) is 16.2. The molecule has 154 valence electrons. The maximum absolute atomic E-state index is 12.8. The molecule has 2 saturated heterocycles. The number of alkyl halides is 3. The molecule has 1 aromatic rings. The number of nitrogens with zero attached hydrogens (tertiary/aromatic N) is 1. The lowest BCUT2D eigenvalue weighted by Gasteiger charge is -2.34. The molecule has 2 fully saturated rings. The van der Waals surface area contributed by atoms with Gasteiger partial charge in [0.05, 0.1) is 12.2 Å². The molecular formula is C19H24F3N3O2S. The molecule has 2 aliphatic rings. The van der Waals surface area contributed by atoms with E-state index >= 15 is 0 Å². The number of amides is 2. The van der Waals surface area contributed by atoms with Crippen LogP contribution in [0, 0.1) is 5.92 Å². The number of rotatable bonds is 5. The van der Waals surface area contributed by atoms with E-state index in [4.69, 9.17) is 0 Å². The van der Waals surface area contributed by atoms with E-state index in [9.17, 15) is 22.8 Å². The quantitative estimate of drug-likeness (QED) is 0.776. The van der Waals surface area contributed by atoms with Gasteiger partial charge >= 0.3 is 6.18 Å². The number of hydrogen-bond acceptors (Lipinski definition) is 4. The molecule has 2 atom stereocenters. The maximum atomic E-state index is 12.8.